The average Bonchev–Trinajstić information content (AvgIpc) is 3.60. The molecule has 2 heterocycles. The molecule has 0 spiro atoms. The van der Waals surface area contributed by atoms with Crippen LogP contribution < -0.4 is 14.4 Å². The Bertz CT molecular complexity index is 1240. The zero-order valence-electron chi connectivity index (χ0n) is 20.4. The third-order valence-corrected chi connectivity index (χ3v) is 8.05. The van der Waals surface area contributed by atoms with E-state index in [9.17, 15) is 17.6 Å². The number of hydrogen-bond acceptors (Lipinski definition) is 6. The lowest BCUT2D eigenvalue weighted by atomic mass is 9.83. The number of nitrogens with zero attached hydrogens (tertiary/aromatic N) is 2. The number of pyridine rings is 1. The van der Waals surface area contributed by atoms with Crippen molar-refractivity contribution in [3.05, 3.63) is 51.9 Å². The average molecular weight is 524 g/mol. The van der Waals surface area contributed by atoms with Crippen LogP contribution in [0.2, 0.25) is 5.02 Å². The molecule has 1 aliphatic carbocycles. The van der Waals surface area contributed by atoms with Crippen LogP contribution in [-0.4, -0.2) is 44.8 Å². The van der Waals surface area contributed by atoms with E-state index in [4.69, 9.17) is 16.3 Å². The van der Waals surface area contributed by atoms with Crippen LogP contribution in [0.5, 0.6) is 5.75 Å². The molecule has 4 rings (SSSR count). The Hall–Kier alpha value is -2.39. The number of rotatable bonds is 9. The van der Waals surface area contributed by atoms with Crippen molar-refractivity contribution in [1.29, 1.82) is 0 Å². The quantitative estimate of drug-likeness (QED) is 0.505. The van der Waals surface area contributed by atoms with Crippen LogP contribution >= 0.6 is 11.6 Å². The lowest BCUT2D eigenvalue weighted by Crippen LogP contribution is -2.58. The lowest BCUT2D eigenvalue weighted by molar-refractivity contribution is 0.0976. The van der Waals surface area contributed by atoms with Crippen LogP contribution in [0.3, 0.4) is 0 Å². The summed E-state index contributed by atoms with van der Waals surface area (Å²) in [4.78, 5) is 19.0. The molecule has 1 aliphatic heterocycles. The first-order chi connectivity index (χ1) is 16.4. The van der Waals surface area contributed by atoms with E-state index in [1.807, 2.05) is 17.0 Å². The van der Waals surface area contributed by atoms with Gasteiger partial charge in [0.2, 0.25) is 10.0 Å². The zero-order chi connectivity index (χ0) is 25.5. The summed E-state index contributed by atoms with van der Waals surface area (Å²) in [7, 11) is -3.79. The highest BCUT2D eigenvalue weighted by atomic mass is 35.5. The van der Waals surface area contributed by atoms with E-state index in [2.05, 4.69) is 30.7 Å². The molecular weight excluding hydrogens is 493 g/mol. The van der Waals surface area contributed by atoms with E-state index in [1.54, 1.807) is 0 Å². The number of nitrogens with one attached hydrogen (secondary N) is 1. The highest BCUT2D eigenvalue weighted by molar-refractivity contribution is 7.90. The summed E-state index contributed by atoms with van der Waals surface area (Å²) in [6.07, 6.45) is 3.68. The summed E-state index contributed by atoms with van der Waals surface area (Å²) < 4.78 is 46.3. The molecular formula is C25H31ClFN3O4S. The predicted molar refractivity (Wildman–Crippen MR) is 134 cm³/mol. The minimum absolute atomic E-state index is 0.174. The van der Waals surface area contributed by atoms with Crippen LogP contribution in [0, 0.1) is 11.2 Å². The summed E-state index contributed by atoms with van der Waals surface area (Å²) in [6.45, 7) is 9.43. The highest BCUT2D eigenvalue weighted by Crippen LogP contribution is 2.46. The Balaban J connectivity index is 1.45. The second-order valence-corrected chi connectivity index (χ2v) is 12.6. The Morgan fingerprint density at radius 3 is 2.57 bits per heavy atom. The van der Waals surface area contributed by atoms with Gasteiger partial charge in [0.15, 0.2) is 0 Å². The molecule has 1 aromatic heterocycles. The number of benzene rings is 1. The van der Waals surface area contributed by atoms with E-state index in [0.717, 1.165) is 29.8 Å². The maximum absolute atomic E-state index is 14.8. The Morgan fingerprint density at radius 1 is 1.31 bits per heavy atom. The Labute approximate surface area is 211 Å². The third kappa shape index (κ3) is 5.72. The van der Waals surface area contributed by atoms with Crippen LogP contribution in [0.25, 0.3) is 0 Å². The zero-order valence-corrected chi connectivity index (χ0v) is 22.0. The van der Waals surface area contributed by atoms with Crippen molar-refractivity contribution in [1.82, 2.24) is 9.71 Å². The second kappa shape index (κ2) is 9.58. The summed E-state index contributed by atoms with van der Waals surface area (Å²) in [6, 6.07) is 4.58. The minimum atomic E-state index is -3.79. The van der Waals surface area contributed by atoms with E-state index >= 15 is 0 Å². The number of sulfonamides is 1. The molecule has 1 saturated carbocycles. The summed E-state index contributed by atoms with van der Waals surface area (Å²) in [5.74, 6) is -0.378. The van der Waals surface area contributed by atoms with E-state index in [0.29, 0.717) is 36.4 Å². The van der Waals surface area contributed by atoms with Crippen molar-refractivity contribution in [2.24, 2.45) is 5.41 Å². The number of anilines is 1. The number of halogens is 2. The molecule has 2 aromatic rings. The molecule has 1 N–H and O–H groups in total. The van der Waals surface area contributed by atoms with Gasteiger partial charge in [-0.1, -0.05) is 32.4 Å². The third-order valence-electron chi connectivity index (χ3n) is 6.52. The molecule has 2 fully saturated rings. The monoisotopic (exact) mass is 523 g/mol. The number of carbonyl (C=O) groups excluding carboxylic acids is 1. The van der Waals surface area contributed by atoms with Crippen molar-refractivity contribution in [2.75, 3.05) is 30.3 Å². The fraction of sp³-hybridized carbons (Fsp3) is 0.520. The first-order valence-corrected chi connectivity index (χ1v) is 13.9. The van der Waals surface area contributed by atoms with Crippen molar-refractivity contribution in [3.8, 4) is 5.75 Å². The van der Waals surface area contributed by atoms with Crippen LogP contribution in [0.4, 0.5) is 10.2 Å². The summed E-state index contributed by atoms with van der Waals surface area (Å²) in [5.41, 5.74) is 1.36. The Morgan fingerprint density at radius 2 is 2.00 bits per heavy atom. The number of carbonyl (C=O) groups is 1. The maximum Gasteiger partial charge on any atom is 0.267 e. The predicted octanol–water partition coefficient (Wildman–Crippen LogP) is 4.86. The van der Waals surface area contributed by atoms with Crippen LogP contribution in [-0.2, 0) is 10.0 Å². The molecule has 2 aliphatic rings. The molecule has 0 atom stereocenters. The normalized spacial score (nSPS) is 17.3. The first kappa shape index (κ1) is 25.7. The molecule has 0 radical (unpaired) electrons. The van der Waals surface area contributed by atoms with Gasteiger partial charge in [-0.3, -0.25) is 4.79 Å². The fourth-order valence-electron chi connectivity index (χ4n) is 4.21. The van der Waals surface area contributed by atoms with Gasteiger partial charge in [-0.2, -0.15) is 0 Å². The van der Waals surface area contributed by atoms with E-state index in [-0.39, 0.29) is 22.6 Å². The van der Waals surface area contributed by atoms with Crippen molar-refractivity contribution >= 4 is 33.3 Å². The molecule has 0 unspecified atom stereocenters. The molecule has 10 heteroatoms. The van der Waals surface area contributed by atoms with Crippen molar-refractivity contribution in [2.45, 2.75) is 52.4 Å². The number of ether oxygens (including phenoxy) is 1. The molecule has 7 nitrogen and oxygen atoms in total. The summed E-state index contributed by atoms with van der Waals surface area (Å²) in [5, 5.41) is 0.621. The Kier molecular flexibility index (Phi) is 7.03. The van der Waals surface area contributed by atoms with Gasteiger partial charge in [0.25, 0.3) is 5.91 Å². The van der Waals surface area contributed by atoms with Crippen LogP contribution in [0.15, 0.2) is 24.4 Å². The molecule has 0 bridgehead atoms. The highest BCUT2D eigenvalue weighted by Gasteiger charge is 2.41. The second-order valence-electron chi connectivity index (χ2n) is 10.2. The number of aromatic nitrogens is 1. The molecule has 1 amide bonds. The number of hydrogen-bond donors (Lipinski definition) is 1. The lowest BCUT2D eigenvalue weighted by Gasteiger charge is -2.48. The van der Waals surface area contributed by atoms with Gasteiger partial charge in [0.05, 0.1) is 22.9 Å². The van der Waals surface area contributed by atoms with Crippen molar-refractivity contribution in [3.63, 3.8) is 0 Å². The van der Waals surface area contributed by atoms with Gasteiger partial charge >= 0.3 is 0 Å². The van der Waals surface area contributed by atoms with E-state index in [1.165, 1.54) is 19.1 Å². The van der Waals surface area contributed by atoms with Gasteiger partial charge in [0, 0.05) is 30.8 Å². The standard InChI is InChI=1S/C25H31ClFN3O4S/c1-5-35(32,33)29-24(31)19-9-18(16-6-7-16)22(10-21(19)27)34-14-25(4)12-30(13-25)23-20(26)8-17(11-28-23)15(2)3/h8-11,15-16H,5-7,12-14H2,1-4H3,(H,29,31). The van der Waals surface area contributed by atoms with Gasteiger partial charge in [-0.05, 0) is 54.9 Å². The topological polar surface area (TPSA) is 88.6 Å². The fourth-order valence-corrected chi connectivity index (χ4v) is 5.05. The van der Waals surface area contributed by atoms with Crippen molar-refractivity contribution < 1.29 is 22.3 Å². The first-order valence-electron chi connectivity index (χ1n) is 11.8. The molecule has 1 aromatic carbocycles. The molecule has 1 saturated heterocycles. The largest absolute Gasteiger partial charge is 0.492 e. The van der Waals surface area contributed by atoms with Gasteiger partial charge in [-0.25, -0.2) is 22.5 Å². The van der Waals surface area contributed by atoms with Crippen LogP contribution in [0.1, 0.15) is 73.9 Å². The van der Waals surface area contributed by atoms with E-state index < -0.39 is 21.7 Å². The minimum Gasteiger partial charge on any atom is -0.492 e. The molecule has 35 heavy (non-hydrogen) atoms. The van der Waals surface area contributed by atoms with Gasteiger partial charge in [0.1, 0.15) is 17.4 Å². The van der Waals surface area contributed by atoms with Gasteiger partial charge < -0.3 is 9.64 Å². The smallest absolute Gasteiger partial charge is 0.267 e. The molecule has 190 valence electrons. The number of amides is 1. The van der Waals surface area contributed by atoms with Gasteiger partial charge in [-0.15, -0.1) is 0 Å². The maximum atomic E-state index is 14.8. The summed E-state index contributed by atoms with van der Waals surface area (Å²) >= 11 is 6.47. The SMILES string of the molecule is CCS(=O)(=O)NC(=O)c1cc(C2CC2)c(OCC2(C)CN(c3ncc(C(C)C)cc3Cl)C2)cc1F.